The van der Waals surface area contributed by atoms with E-state index in [4.69, 9.17) is 4.74 Å². The molecule has 7 nitrogen and oxygen atoms in total. The molecule has 1 amide bonds. The summed E-state index contributed by atoms with van der Waals surface area (Å²) in [5.74, 6) is -0.870. The number of hydrogen-bond acceptors (Lipinski definition) is 5. The number of esters is 1. The average Bonchev–Trinajstić information content (AvgIpc) is 2.78. The van der Waals surface area contributed by atoms with Crippen molar-refractivity contribution in [3.05, 3.63) is 65.7 Å². The molecule has 0 radical (unpaired) electrons. The molecule has 0 bridgehead atoms. The molecule has 0 saturated carbocycles. The van der Waals surface area contributed by atoms with Crippen LogP contribution in [0.1, 0.15) is 42.9 Å². The van der Waals surface area contributed by atoms with Crippen LogP contribution in [-0.4, -0.2) is 44.8 Å². The van der Waals surface area contributed by atoms with Gasteiger partial charge in [0.15, 0.2) is 0 Å². The number of likely N-dealkylation sites (tertiary alicyclic amines) is 1. The monoisotopic (exact) mass is 444 g/mol. The van der Waals surface area contributed by atoms with Gasteiger partial charge in [0.2, 0.25) is 16.1 Å². The van der Waals surface area contributed by atoms with E-state index in [1.807, 2.05) is 13.0 Å². The summed E-state index contributed by atoms with van der Waals surface area (Å²) in [7, 11) is -3.72. The van der Waals surface area contributed by atoms with Crippen LogP contribution in [0.2, 0.25) is 0 Å². The molecule has 1 saturated heterocycles. The maximum atomic E-state index is 13.0. The third-order valence-electron chi connectivity index (χ3n) is 5.20. The Kier molecular flexibility index (Phi) is 7.81. The van der Waals surface area contributed by atoms with Crippen LogP contribution in [0.15, 0.2) is 59.5 Å². The first-order chi connectivity index (χ1) is 14.9. The fourth-order valence-corrected chi connectivity index (χ4v) is 4.48. The fourth-order valence-electron chi connectivity index (χ4n) is 3.45. The molecule has 1 aliphatic heterocycles. The molecule has 166 valence electrons. The number of aryl methyl sites for hydroxylation is 1. The number of ether oxygens (including phenoxy) is 1. The van der Waals surface area contributed by atoms with Crippen LogP contribution in [0.3, 0.4) is 0 Å². The first-order valence-electron chi connectivity index (χ1n) is 10.5. The summed E-state index contributed by atoms with van der Waals surface area (Å²) in [5, 5.41) is 0. The van der Waals surface area contributed by atoms with Crippen molar-refractivity contribution in [2.75, 3.05) is 19.6 Å². The number of piperidine rings is 1. The molecule has 3 rings (SSSR count). The molecule has 2 aromatic rings. The smallest absolute Gasteiger partial charge is 0.308 e. The van der Waals surface area contributed by atoms with Gasteiger partial charge in [-0.3, -0.25) is 9.59 Å². The van der Waals surface area contributed by atoms with Gasteiger partial charge in [0.1, 0.15) is 0 Å². The summed E-state index contributed by atoms with van der Waals surface area (Å²) in [6.07, 6.45) is 1.74. The Morgan fingerprint density at radius 2 is 1.65 bits per heavy atom. The van der Waals surface area contributed by atoms with Gasteiger partial charge in [0, 0.05) is 25.2 Å². The van der Waals surface area contributed by atoms with Crippen LogP contribution < -0.4 is 4.72 Å². The maximum absolute atomic E-state index is 13.0. The van der Waals surface area contributed by atoms with Gasteiger partial charge in [0.05, 0.1) is 11.3 Å². The Hall–Kier alpha value is -2.71. The van der Waals surface area contributed by atoms with Crippen molar-refractivity contribution in [3.8, 4) is 0 Å². The Labute approximate surface area is 183 Å². The van der Waals surface area contributed by atoms with Gasteiger partial charge in [-0.25, -0.2) is 13.1 Å². The van der Waals surface area contributed by atoms with Crippen LogP contribution in [0.5, 0.6) is 0 Å². The second-order valence-corrected chi connectivity index (χ2v) is 9.39. The molecular weight excluding hydrogens is 416 g/mol. The summed E-state index contributed by atoms with van der Waals surface area (Å²) in [6, 6.07) is 15.3. The lowest BCUT2D eigenvalue weighted by molar-refractivity contribution is -0.161. The lowest BCUT2D eigenvalue weighted by atomic mass is 10.1. The number of sulfonamides is 1. The summed E-state index contributed by atoms with van der Waals surface area (Å²) >= 11 is 0. The highest BCUT2D eigenvalue weighted by atomic mass is 32.2. The van der Waals surface area contributed by atoms with E-state index in [-0.39, 0.29) is 23.8 Å². The summed E-state index contributed by atoms with van der Waals surface area (Å²) in [6.45, 7) is 3.05. The number of nitrogens with one attached hydrogen (secondary N) is 1. The van der Waals surface area contributed by atoms with Crippen molar-refractivity contribution in [2.24, 2.45) is 0 Å². The van der Waals surface area contributed by atoms with E-state index in [9.17, 15) is 18.0 Å². The zero-order valence-corrected chi connectivity index (χ0v) is 18.4. The number of carbonyl (C=O) groups is 2. The predicted octanol–water partition coefficient (Wildman–Crippen LogP) is 2.96. The Bertz CT molecular complexity index is 984. The topological polar surface area (TPSA) is 92.8 Å². The van der Waals surface area contributed by atoms with Gasteiger partial charge >= 0.3 is 5.97 Å². The zero-order valence-electron chi connectivity index (χ0n) is 17.6. The number of rotatable bonds is 8. The lowest BCUT2D eigenvalue weighted by Gasteiger charge is -2.30. The molecule has 0 aliphatic carbocycles. The van der Waals surface area contributed by atoms with Gasteiger partial charge in [-0.1, -0.05) is 48.0 Å². The molecule has 31 heavy (non-hydrogen) atoms. The number of nitrogens with zero attached hydrogens (tertiary/aromatic N) is 1. The summed E-state index contributed by atoms with van der Waals surface area (Å²) < 4.78 is 32.6. The number of carbonyl (C=O) groups excluding carboxylic acids is 2. The molecule has 2 aromatic carbocycles. The van der Waals surface area contributed by atoms with Crippen molar-refractivity contribution >= 4 is 21.9 Å². The third-order valence-corrected chi connectivity index (χ3v) is 6.67. The molecule has 1 heterocycles. The molecule has 1 aliphatic rings. The van der Waals surface area contributed by atoms with Crippen molar-refractivity contribution in [3.63, 3.8) is 0 Å². The van der Waals surface area contributed by atoms with Gasteiger partial charge in [-0.2, -0.15) is 0 Å². The van der Waals surface area contributed by atoms with Gasteiger partial charge in [0.25, 0.3) is 5.91 Å². The molecule has 1 N–H and O–H groups in total. The van der Waals surface area contributed by atoms with E-state index < -0.39 is 22.1 Å². The van der Waals surface area contributed by atoms with Crippen molar-refractivity contribution in [2.45, 2.75) is 43.6 Å². The molecule has 0 aromatic heterocycles. The molecule has 0 unspecified atom stereocenters. The van der Waals surface area contributed by atoms with E-state index in [0.29, 0.717) is 18.7 Å². The first kappa shape index (κ1) is 23.0. The maximum Gasteiger partial charge on any atom is 0.308 e. The minimum absolute atomic E-state index is 0.117. The minimum Gasteiger partial charge on any atom is -0.447 e. The molecule has 1 fully saturated rings. The van der Waals surface area contributed by atoms with Gasteiger partial charge in [-0.05, 0) is 38.3 Å². The SMILES string of the molecule is Cc1ccc(S(=O)(=O)NCCC(=O)O[C@@H](C(=O)N2CCCCC2)c2ccccc2)cc1. The number of hydrogen-bond donors (Lipinski definition) is 1. The standard InChI is InChI=1S/C23H28N2O5S/c1-18-10-12-20(13-11-18)31(28,29)24-15-14-21(26)30-22(19-8-4-2-5-9-19)23(27)25-16-6-3-7-17-25/h2,4-5,8-13,22,24H,3,6-7,14-17H2,1H3/t22-/m1/s1. The molecule has 0 spiro atoms. The van der Waals surface area contributed by atoms with Crippen LogP contribution in [0, 0.1) is 6.92 Å². The second kappa shape index (κ2) is 10.5. The highest BCUT2D eigenvalue weighted by molar-refractivity contribution is 7.89. The van der Waals surface area contributed by atoms with Gasteiger partial charge in [-0.15, -0.1) is 0 Å². The van der Waals surface area contributed by atoms with Crippen molar-refractivity contribution in [1.82, 2.24) is 9.62 Å². The van der Waals surface area contributed by atoms with E-state index >= 15 is 0 Å². The van der Waals surface area contributed by atoms with E-state index in [2.05, 4.69) is 4.72 Å². The molecule has 1 atom stereocenters. The Balaban J connectivity index is 1.61. The first-order valence-corrected chi connectivity index (χ1v) is 11.9. The summed E-state index contributed by atoms with van der Waals surface area (Å²) in [4.78, 5) is 27.3. The quantitative estimate of drug-likeness (QED) is 0.632. The summed E-state index contributed by atoms with van der Waals surface area (Å²) in [5.41, 5.74) is 1.56. The third kappa shape index (κ3) is 6.38. The predicted molar refractivity (Wildman–Crippen MR) is 117 cm³/mol. The van der Waals surface area contributed by atoms with E-state index in [0.717, 1.165) is 24.8 Å². The fraction of sp³-hybridized carbons (Fsp3) is 0.391. The highest BCUT2D eigenvalue weighted by Crippen LogP contribution is 2.23. The van der Waals surface area contributed by atoms with Crippen molar-refractivity contribution in [1.29, 1.82) is 0 Å². The van der Waals surface area contributed by atoms with Gasteiger partial charge < -0.3 is 9.64 Å². The minimum atomic E-state index is -3.72. The van der Waals surface area contributed by atoms with Crippen LogP contribution in [0.4, 0.5) is 0 Å². The van der Waals surface area contributed by atoms with Crippen LogP contribution in [0.25, 0.3) is 0 Å². The molecular formula is C23H28N2O5S. The largest absolute Gasteiger partial charge is 0.447 e. The second-order valence-electron chi connectivity index (χ2n) is 7.63. The Morgan fingerprint density at radius 3 is 2.29 bits per heavy atom. The Morgan fingerprint density at radius 1 is 1.00 bits per heavy atom. The highest BCUT2D eigenvalue weighted by Gasteiger charge is 2.30. The molecule has 8 heteroatoms. The van der Waals surface area contributed by atoms with E-state index in [1.165, 1.54) is 12.1 Å². The normalized spacial score (nSPS) is 15.3. The number of benzene rings is 2. The van der Waals surface area contributed by atoms with E-state index in [1.54, 1.807) is 41.3 Å². The average molecular weight is 445 g/mol. The van der Waals surface area contributed by atoms with Crippen LogP contribution in [-0.2, 0) is 24.3 Å². The van der Waals surface area contributed by atoms with Crippen molar-refractivity contribution < 1.29 is 22.7 Å². The number of amides is 1. The lowest BCUT2D eigenvalue weighted by Crippen LogP contribution is -2.40. The zero-order chi connectivity index (χ0) is 22.3. The van der Waals surface area contributed by atoms with Crippen LogP contribution >= 0.6 is 0 Å².